The van der Waals surface area contributed by atoms with Crippen LogP contribution in [0.4, 0.5) is 0 Å². The van der Waals surface area contributed by atoms with Gasteiger partial charge in [0.1, 0.15) is 12.6 Å². The fourth-order valence-corrected chi connectivity index (χ4v) is 5.42. The maximum atomic E-state index is 13.5. The Bertz CT molecular complexity index is 1540. The number of nitrogens with zero attached hydrogens (tertiary/aromatic N) is 2. The number of fused-ring (bicyclic) bond motifs is 5. The third kappa shape index (κ3) is 4.05. The lowest BCUT2D eigenvalue weighted by Crippen LogP contribution is -2.51. The number of nitrogens with one attached hydrogen (secondary N) is 2. The molecule has 5 heterocycles. The molecule has 1 aromatic carbocycles. The fraction of sp³-hybridized carbons (Fsp3) is 0.393. The molecule has 1 amide bonds. The Kier molecular flexibility index (Phi) is 5.98. The van der Waals surface area contributed by atoms with Crippen LogP contribution in [0.2, 0.25) is 0 Å². The van der Waals surface area contributed by atoms with Gasteiger partial charge in [-0.25, -0.2) is 14.6 Å². The Morgan fingerprint density at radius 1 is 1.21 bits per heavy atom. The normalized spacial score (nSPS) is 20.4. The Labute approximate surface area is 218 Å². The van der Waals surface area contributed by atoms with E-state index in [1.807, 2.05) is 30.3 Å². The number of esters is 2. The topological polar surface area (TPSA) is 129 Å². The second-order valence-electron chi connectivity index (χ2n) is 10.3. The van der Waals surface area contributed by atoms with Crippen LogP contribution in [0.5, 0.6) is 0 Å². The van der Waals surface area contributed by atoms with Crippen LogP contribution in [0, 0.1) is 5.92 Å². The van der Waals surface area contributed by atoms with Gasteiger partial charge >= 0.3 is 11.9 Å². The first-order chi connectivity index (χ1) is 18.3. The van der Waals surface area contributed by atoms with E-state index >= 15 is 0 Å². The molecule has 2 N–H and O–H groups in total. The number of benzene rings is 1. The molecule has 3 aliphatic rings. The number of para-hydroxylation sites is 1. The summed E-state index contributed by atoms with van der Waals surface area (Å²) in [7, 11) is 0. The van der Waals surface area contributed by atoms with Crippen molar-refractivity contribution in [2.45, 2.75) is 58.0 Å². The van der Waals surface area contributed by atoms with Gasteiger partial charge in [-0.2, -0.15) is 0 Å². The predicted molar refractivity (Wildman–Crippen MR) is 137 cm³/mol. The molecule has 1 saturated heterocycles. The SMILES string of the molecule is CC(C)[C@H](NC(=O)[C@@H]1CCCN1)C(=O)OC1C(=O)OCc2c1cc1n(c2=O)Cc2cc3ccccc3nc2-1. The van der Waals surface area contributed by atoms with Crippen molar-refractivity contribution in [3.8, 4) is 11.4 Å². The summed E-state index contributed by atoms with van der Waals surface area (Å²) in [6.45, 7) is 4.46. The van der Waals surface area contributed by atoms with E-state index < -0.39 is 24.1 Å². The van der Waals surface area contributed by atoms with E-state index in [4.69, 9.17) is 14.5 Å². The second kappa shape index (κ2) is 9.36. The number of rotatable bonds is 5. The zero-order valence-electron chi connectivity index (χ0n) is 21.2. The van der Waals surface area contributed by atoms with Crippen molar-refractivity contribution in [1.82, 2.24) is 20.2 Å². The average molecular weight is 517 g/mol. The number of amides is 1. The lowest BCUT2D eigenvalue weighted by Gasteiger charge is -2.28. The first-order valence-corrected chi connectivity index (χ1v) is 12.9. The zero-order valence-corrected chi connectivity index (χ0v) is 21.2. The highest BCUT2D eigenvalue weighted by molar-refractivity contribution is 5.90. The number of carbonyl (C=O) groups excluding carboxylic acids is 3. The highest BCUT2D eigenvalue weighted by Gasteiger charge is 2.40. The Hall–Kier alpha value is -4.05. The molecule has 38 heavy (non-hydrogen) atoms. The number of ether oxygens (including phenoxy) is 2. The molecule has 3 aliphatic heterocycles. The third-order valence-corrected chi connectivity index (χ3v) is 7.49. The van der Waals surface area contributed by atoms with Gasteiger partial charge < -0.3 is 24.7 Å². The van der Waals surface area contributed by atoms with Gasteiger partial charge in [0.25, 0.3) is 5.56 Å². The van der Waals surface area contributed by atoms with Crippen molar-refractivity contribution in [2.75, 3.05) is 6.54 Å². The van der Waals surface area contributed by atoms with Crippen molar-refractivity contribution >= 4 is 28.7 Å². The summed E-state index contributed by atoms with van der Waals surface area (Å²) >= 11 is 0. The summed E-state index contributed by atoms with van der Waals surface area (Å²) in [5, 5.41) is 6.84. The summed E-state index contributed by atoms with van der Waals surface area (Å²) in [5.74, 6) is -2.09. The van der Waals surface area contributed by atoms with Gasteiger partial charge in [-0.05, 0) is 43.5 Å². The van der Waals surface area contributed by atoms with E-state index in [1.165, 1.54) is 0 Å². The minimum Gasteiger partial charge on any atom is -0.458 e. The summed E-state index contributed by atoms with van der Waals surface area (Å²) in [6.07, 6.45) is 0.151. The van der Waals surface area contributed by atoms with Gasteiger partial charge in [0, 0.05) is 16.5 Å². The summed E-state index contributed by atoms with van der Waals surface area (Å²) in [6, 6.07) is 10.1. The quantitative estimate of drug-likeness (QED) is 0.385. The minimum atomic E-state index is -1.42. The largest absolute Gasteiger partial charge is 0.458 e. The van der Waals surface area contributed by atoms with Crippen LogP contribution in [0.25, 0.3) is 22.3 Å². The highest BCUT2D eigenvalue weighted by Crippen LogP contribution is 2.36. The number of carbonyl (C=O) groups is 3. The van der Waals surface area contributed by atoms with E-state index in [9.17, 15) is 19.2 Å². The molecule has 0 spiro atoms. The van der Waals surface area contributed by atoms with Gasteiger partial charge in [0.15, 0.2) is 0 Å². The number of hydrogen-bond donors (Lipinski definition) is 2. The van der Waals surface area contributed by atoms with E-state index in [1.54, 1.807) is 24.5 Å². The van der Waals surface area contributed by atoms with E-state index in [2.05, 4.69) is 10.6 Å². The van der Waals surface area contributed by atoms with Crippen molar-refractivity contribution in [2.24, 2.45) is 5.92 Å². The van der Waals surface area contributed by atoms with Crippen molar-refractivity contribution < 1.29 is 23.9 Å². The number of pyridine rings is 2. The molecule has 3 aromatic rings. The molecule has 0 aliphatic carbocycles. The Balaban J connectivity index is 1.34. The molecule has 2 aromatic heterocycles. The summed E-state index contributed by atoms with van der Waals surface area (Å²) in [5.41, 5.74) is 3.15. The van der Waals surface area contributed by atoms with Crippen LogP contribution < -0.4 is 16.2 Å². The van der Waals surface area contributed by atoms with E-state index in [0.29, 0.717) is 29.9 Å². The molecule has 0 saturated carbocycles. The summed E-state index contributed by atoms with van der Waals surface area (Å²) < 4.78 is 12.5. The van der Waals surface area contributed by atoms with Crippen LogP contribution in [-0.2, 0) is 37.0 Å². The van der Waals surface area contributed by atoms with E-state index in [0.717, 1.165) is 29.4 Å². The van der Waals surface area contributed by atoms with Crippen LogP contribution in [0.3, 0.4) is 0 Å². The monoisotopic (exact) mass is 516 g/mol. The molecule has 10 nitrogen and oxygen atoms in total. The predicted octanol–water partition coefficient (Wildman–Crippen LogP) is 1.96. The number of hydrogen-bond acceptors (Lipinski definition) is 8. The fourth-order valence-electron chi connectivity index (χ4n) is 5.42. The first kappa shape index (κ1) is 24.3. The molecule has 1 unspecified atom stereocenters. The van der Waals surface area contributed by atoms with E-state index in [-0.39, 0.29) is 35.6 Å². The third-order valence-electron chi connectivity index (χ3n) is 7.49. The smallest absolute Gasteiger partial charge is 0.352 e. The molecule has 1 fully saturated rings. The van der Waals surface area contributed by atoms with Crippen LogP contribution in [0.15, 0.2) is 41.2 Å². The molecule has 3 atom stereocenters. The molecular formula is C28H28N4O6. The Morgan fingerprint density at radius 2 is 2.03 bits per heavy atom. The zero-order chi connectivity index (χ0) is 26.6. The lowest BCUT2D eigenvalue weighted by atomic mass is 9.99. The number of cyclic esters (lactones) is 1. The van der Waals surface area contributed by atoms with Crippen LogP contribution >= 0.6 is 0 Å². The Morgan fingerprint density at radius 3 is 2.79 bits per heavy atom. The molecular weight excluding hydrogens is 488 g/mol. The van der Waals surface area contributed by atoms with Crippen LogP contribution in [-0.4, -0.2) is 46.0 Å². The maximum Gasteiger partial charge on any atom is 0.352 e. The van der Waals surface area contributed by atoms with Gasteiger partial charge in [-0.1, -0.05) is 32.0 Å². The number of aromatic nitrogens is 2. The highest BCUT2D eigenvalue weighted by atomic mass is 16.6. The molecule has 10 heteroatoms. The molecule has 6 rings (SSSR count). The standard InChI is InChI=1S/C28H28N4O6/c1-14(2)22(31-25(33)20-8-5-9-29-20)27(35)38-24-17-11-21-23-16(10-15-6-3-4-7-19(15)30-23)12-32(21)26(34)18(17)13-37-28(24)36/h3-4,6-7,10-11,14,20,22,24,29H,5,8-9,12-13H2,1-2H3,(H,31,33)/t20-,22-,24?/m0/s1. The van der Waals surface area contributed by atoms with Crippen LogP contribution in [0.1, 0.15) is 49.5 Å². The second-order valence-corrected chi connectivity index (χ2v) is 10.3. The minimum absolute atomic E-state index is 0.204. The van der Waals surface area contributed by atoms with Gasteiger partial charge in [0.05, 0.1) is 35.1 Å². The molecule has 0 radical (unpaired) electrons. The molecule has 196 valence electrons. The van der Waals surface area contributed by atoms with Gasteiger partial charge in [-0.15, -0.1) is 0 Å². The van der Waals surface area contributed by atoms with Gasteiger partial charge in [-0.3, -0.25) is 9.59 Å². The van der Waals surface area contributed by atoms with Crippen molar-refractivity contribution in [3.63, 3.8) is 0 Å². The van der Waals surface area contributed by atoms with Crippen molar-refractivity contribution in [3.05, 3.63) is 63.4 Å². The summed E-state index contributed by atoms with van der Waals surface area (Å²) in [4.78, 5) is 57.0. The average Bonchev–Trinajstić information content (AvgIpc) is 3.56. The lowest BCUT2D eigenvalue weighted by molar-refractivity contribution is -0.173. The van der Waals surface area contributed by atoms with Crippen molar-refractivity contribution in [1.29, 1.82) is 0 Å². The van der Waals surface area contributed by atoms with Gasteiger partial charge in [0.2, 0.25) is 12.0 Å². The first-order valence-electron chi connectivity index (χ1n) is 12.9. The molecule has 0 bridgehead atoms. The maximum absolute atomic E-state index is 13.5.